The summed E-state index contributed by atoms with van der Waals surface area (Å²) >= 11 is 4.56. The van der Waals surface area contributed by atoms with Gasteiger partial charge in [0.2, 0.25) is 0 Å². The number of fused-ring (bicyclic) bond motifs is 1. The third-order valence-electron chi connectivity index (χ3n) is 5.96. The summed E-state index contributed by atoms with van der Waals surface area (Å²) in [5.41, 5.74) is 1.33. The van der Waals surface area contributed by atoms with Gasteiger partial charge in [0.25, 0.3) is 5.56 Å². The van der Waals surface area contributed by atoms with E-state index in [2.05, 4.69) is 20.9 Å². The van der Waals surface area contributed by atoms with E-state index in [1.54, 1.807) is 50.3 Å². The van der Waals surface area contributed by atoms with E-state index >= 15 is 0 Å². The van der Waals surface area contributed by atoms with Crippen molar-refractivity contribution in [2.24, 2.45) is 4.99 Å². The number of hydrogen-bond donors (Lipinski definition) is 1. The van der Waals surface area contributed by atoms with Gasteiger partial charge < -0.3 is 24.1 Å². The highest BCUT2D eigenvalue weighted by Gasteiger charge is 2.34. The molecule has 2 heterocycles. The van der Waals surface area contributed by atoms with Crippen molar-refractivity contribution in [3.05, 3.63) is 76.9 Å². The molecule has 0 unspecified atom stereocenters. The summed E-state index contributed by atoms with van der Waals surface area (Å²) in [6, 6.07) is 7.79. The minimum Gasteiger partial charge on any atom is -0.504 e. The van der Waals surface area contributed by atoms with Crippen LogP contribution in [0.1, 0.15) is 44.9 Å². The summed E-state index contributed by atoms with van der Waals surface area (Å²) in [6.45, 7) is 7.43. The molecule has 2 aromatic carbocycles. The van der Waals surface area contributed by atoms with Gasteiger partial charge in [0.1, 0.15) is 0 Å². The number of halogens is 1. The lowest BCUT2D eigenvalue weighted by Gasteiger charge is -2.25. The second-order valence-electron chi connectivity index (χ2n) is 8.93. The number of thiazole rings is 1. The summed E-state index contributed by atoms with van der Waals surface area (Å²) in [6.07, 6.45) is 1.50. The van der Waals surface area contributed by atoms with E-state index < -0.39 is 12.0 Å². The van der Waals surface area contributed by atoms with E-state index in [4.69, 9.17) is 18.9 Å². The molecule has 3 aromatic rings. The van der Waals surface area contributed by atoms with Crippen molar-refractivity contribution in [3.8, 4) is 23.0 Å². The molecule has 0 fully saturated rings. The number of esters is 1. The van der Waals surface area contributed by atoms with Crippen LogP contribution in [0.15, 0.2) is 55.9 Å². The van der Waals surface area contributed by atoms with E-state index in [1.165, 1.54) is 18.8 Å². The zero-order chi connectivity index (χ0) is 28.4. The highest BCUT2D eigenvalue weighted by Crippen LogP contribution is 2.37. The van der Waals surface area contributed by atoms with Gasteiger partial charge in [-0.3, -0.25) is 9.36 Å². The highest BCUT2D eigenvalue weighted by molar-refractivity contribution is 9.10. The lowest BCUT2D eigenvalue weighted by molar-refractivity contribution is -0.139. The Kier molecular flexibility index (Phi) is 8.51. The quantitative estimate of drug-likeness (QED) is 0.380. The van der Waals surface area contributed by atoms with Crippen LogP contribution in [0.25, 0.3) is 6.08 Å². The Hall–Kier alpha value is -3.57. The molecule has 1 atom stereocenters. The van der Waals surface area contributed by atoms with Crippen molar-refractivity contribution in [3.63, 3.8) is 0 Å². The Balaban J connectivity index is 1.97. The first-order valence-corrected chi connectivity index (χ1v) is 13.8. The van der Waals surface area contributed by atoms with E-state index in [9.17, 15) is 14.7 Å². The van der Waals surface area contributed by atoms with Crippen molar-refractivity contribution in [1.82, 2.24) is 4.57 Å². The summed E-state index contributed by atoms with van der Waals surface area (Å²) in [5, 5.41) is 10.7. The zero-order valence-corrected chi connectivity index (χ0v) is 24.8. The number of rotatable bonds is 8. The third kappa shape index (κ3) is 5.60. The van der Waals surface area contributed by atoms with Gasteiger partial charge in [-0.05, 0) is 63.6 Å². The number of phenols is 1. The number of allylic oxidation sites excluding steroid dienone is 1. The monoisotopic (exact) mass is 616 g/mol. The number of carbonyl (C=O) groups excluding carboxylic acids is 1. The number of aromatic hydroxyl groups is 1. The predicted molar refractivity (Wildman–Crippen MR) is 152 cm³/mol. The molecule has 0 aliphatic carbocycles. The fourth-order valence-electron chi connectivity index (χ4n) is 4.31. The number of nitrogens with zero attached hydrogens (tertiary/aromatic N) is 2. The van der Waals surface area contributed by atoms with Gasteiger partial charge in [-0.15, -0.1) is 0 Å². The molecule has 11 heteroatoms. The van der Waals surface area contributed by atoms with Crippen LogP contribution < -0.4 is 29.1 Å². The molecule has 4 rings (SSSR count). The molecule has 0 radical (unpaired) electrons. The molecule has 0 amide bonds. The number of phenolic OH excluding ortho intramolecular Hbond substituents is 1. The van der Waals surface area contributed by atoms with E-state index in [0.29, 0.717) is 42.1 Å². The molecule has 1 aliphatic heterocycles. The Morgan fingerprint density at radius 2 is 1.90 bits per heavy atom. The van der Waals surface area contributed by atoms with E-state index in [0.717, 1.165) is 11.3 Å². The normalized spacial score (nSPS) is 15.2. The molecule has 206 valence electrons. The smallest absolute Gasteiger partial charge is 0.338 e. The van der Waals surface area contributed by atoms with Crippen LogP contribution in [-0.2, 0) is 9.53 Å². The van der Waals surface area contributed by atoms with E-state index in [-0.39, 0.29) is 35.3 Å². The molecule has 0 saturated heterocycles. The number of methoxy groups -OCH3 is 2. The number of carbonyl (C=O) groups is 1. The van der Waals surface area contributed by atoms with Crippen LogP contribution in [0.4, 0.5) is 0 Å². The molecule has 0 saturated carbocycles. The van der Waals surface area contributed by atoms with Crippen molar-refractivity contribution in [1.29, 1.82) is 0 Å². The van der Waals surface area contributed by atoms with Gasteiger partial charge >= 0.3 is 5.97 Å². The van der Waals surface area contributed by atoms with Crippen LogP contribution in [0.5, 0.6) is 23.0 Å². The maximum Gasteiger partial charge on any atom is 0.338 e. The summed E-state index contributed by atoms with van der Waals surface area (Å²) in [7, 11) is 2.98. The molecule has 39 heavy (non-hydrogen) atoms. The summed E-state index contributed by atoms with van der Waals surface area (Å²) < 4.78 is 24.5. The molecule has 1 aliphatic rings. The lowest BCUT2D eigenvalue weighted by atomic mass is 9.95. The van der Waals surface area contributed by atoms with Gasteiger partial charge in [-0.2, -0.15) is 0 Å². The number of hydrogen-bond acceptors (Lipinski definition) is 9. The molecular weight excluding hydrogens is 588 g/mol. The zero-order valence-electron chi connectivity index (χ0n) is 22.4. The minimum absolute atomic E-state index is 0.0762. The topological polar surface area (TPSA) is 109 Å². The van der Waals surface area contributed by atoms with Crippen molar-refractivity contribution >= 4 is 39.3 Å². The average Bonchev–Trinajstić information content (AvgIpc) is 3.19. The maximum atomic E-state index is 13.9. The van der Waals surface area contributed by atoms with Crippen molar-refractivity contribution in [2.75, 3.05) is 20.8 Å². The lowest BCUT2D eigenvalue weighted by Crippen LogP contribution is -2.40. The maximum absolute atomic E-state index is 13.9. The van der Waals surface area contributed by atoms with Gasteiger partial charge in [0, 0.05) is 10.0 Å². The average molecular weight is 618 g/mol. The van der Waals surface area contributed by atoms with Crippen LogP contribution in [-0.4, -0.2) is 42.6 Å². The van der Waals surface area contributed by atoms with Gasteiger partial charge in [-0.1, -0.05) is 33.3 Å². The first-order chi connectivity index (χ1) is 18.6. The highest BCUT2D eigenvalue weighted by atomic mass is 79.9. The largest absolute Gasteiger partial charge is 0.504 e. The van der Waals surface area contributed by atoms with Crippen molar-refractivity contribution < 1.29 is 28.8 Å². The van der Waals surface area contributed by atoms with Crippen LogP contribution >= 0.6 is 27.3 Å². The molecular formula is C28H29BrN2O7S. The second-order valence-corrected chi connectivity index (χ2v) is 10.8. The second kappa shape index (κ2) is 11.7. The summed E-state index contributed by atoms with van der Waals surface area (Å²) in [4.78, 5) is 32.0. The van der Waals surface area contributed by atoms with Crippen molar-refractivity contribution in [2.45, 2.75) is 39.8 Å². The molecule has 9 nitrogen and oxygen atoms in total. The first-order valence-electron chi connectivity index (χ1n) is 12.2. The van der Waals surface area contributed by atoms with E-state index in [1.807, 2.05) is 13.8 Å². The fourth-order valence-corrected chi connectivity index (χ4v) is 5.81. The molecule has 1 aromatic heterocycles. The number of ether oxygens (including phenoxy) is 4. The molecule has 1 N–H and O–H groups in total. The van der Waals surface area contributed by atoms with Crippen LogP contribution in [0.2, 0.25) is 0 Å². The minimum atomic E-state index is -0.824. The third-order valence-corrected chi connectivity index (χ3v) is 7.40. The fraction of sp³-hybridized carbons (Fsp3) is 0.321. The van der Waals surface area contributed by atoms with Gasteiger partial charge in [0.15, 0.2) is 27.8 Å². The van der Waals surface area contributed by atoms with Crippen LogP contribution in [0, 0.1) is 0 Å². The predicted octanol–water partition coefficient (Wildman–Crippen LogP) is 4.07. The summed E-state index contributed by atoms with van der Waals surface area (Å²) in [5.74, 6) is 0.608. The van der Waals surface area contributed by atoms with Crippen LogP contribution in [0.3, 0.4) is 0 Å². The standard InChI is InChI=1S/C28H29BrN2O7S/c1-7-37-27(34)23-15(4)30-28-31(24(23)16-8-9-19(38-14(2)3)20(11-16)35-5)26(33)22(39-28)12-17-10-18(29)13-21(36-6)25(17)32/h8-14,24,32H,7H2,1-6H3/b22-12-/t24-/m1/s1. The Morgan fingerprint density at radius 1 is 1.18 bits per heavy atom. The van der Waals surface area contributed by atoms with Gasteiger partial charge in [-0.25, -0.2) is 9.79 Å². The Morgan fingerprint density at radius 3 is 2.54 bits per heavy atom. The van der Waals surface area contributed by atoms with Gasteiger partial charge in [0.05, 0.1) is 48.8 Å². The SMILES string of the molecule is CCOC(=O)C1=C(C)N=c2s/c(=C\c3cc(Br)cc(OC)c3O)c(=O)n2[C@@H]1c1ccc(OC(C)C)c(OC)c1. The molecule has 0 spiro atoms. The molecule has 0 bridgehead atoms. The Labute approximate surface area is 237 Å². The number of aromatic nitrogens is 1. The Bertz CT molecular complexity index is 1640. The first kappa shape index (κ1) is 28.4. The number of benzene rings is 2.